The zero-order valence-corrected chi connectivity index (χ0v) is 9.37. The van der Waals surface area contributed by atoms with Crippen molar-refractivity contribution >= 4 is 17.6 Å². The molecule has 4 nitrogen and oxygen atoms in total. The summed E-state index contributed by atoms with van der Waals surface area (Å²) < 4.78 is 4.69. The van der Waals surface area contributed by atoms with E-state index in [9.17, 15) is 9.59 Å². The highest BCUT2D eigenvalue weighted by molar-refractivity contribution is 5.99. The monoisotopic (exact) mass is 229 g/mol. The number of carbonyl (C=O) groups is 2. The van der Waals surface area contributed by atoms with Crippen molar-refractivity contribution in [2.24, 2.45) is 0 Å². The van der Waals surface area contributed by atoms with Gasteiger partial charge in [0.25, 0.3) is 0 Å². The Morgan fingerprint density at radius 2 is 2.35 bits per heavy atom. The van der Waals surface area contributed by atoms with E-state index >= 15 is 0 Å². The van der Waals surface area contributed by atoms with Crippen molar-refractivity contribution in [1.29, 1.82) is 0 Å². The van der Waals surface area contributed by atoms with Crippen molar-refractivity contribution in [2.75, 3.05) is 11.9 Å². The molecule has 0 radical (unpaired) electrons. The highest BCUT2D eigenvalue weighted by Gasteiger charge is 2.16. The molecule has 0 bridgehead atoms. The van der Waals surface area contributed by atoms with Crippen LogP contribution in [0.4, 0.5) is 5.69 Å². The van der Waals surface area contributed by atoms with Gasteiger partial charge in [-0.15, -0.1) is 0 Å². The van der Waals surface area contributed by atoms with E-state index in [2.05, 4.69) is 17.2 Å². The minimum absolute atomic E-state index is 0.0181. The minimum atomic E-state index is -0.544. The first-order valence-corrected chi connectivity index (χ1v) is 5.30. The molecule has 1 amide bonds. The van der Waals surface area contributed by atoms with Gasteiger partial charge in [0, 0.05) is 17.2 Å². The van der Waals surface area contributed by atoms with E-state index in [0.29, 0.717) is 18.6 Å². The molecule has 0 aliphatic carbocycles. The van der Waals surface area contributed by atoms with Crippen LogP contribution in [-0.4, -0.2) is 18.5 Å². The van der Waals surface area contributed by atoms with E-state index < -0.39 is 5.97 Å². The van der Waals surface area contributed by atoms with Crippen LogP contribution >= 0.6 is 0 Å². The number of nitrogens with one attached hydrogen (secondary N) is 1. The molecule has 17 heavy (non-hydrogen) atoms. The van der Waals surface area contributed by atoms with Crippen LogP contribution in [0.25, 0.3) is 0 Å². The first-order valence-electron chi connectivity index (χ1n) is 5.30. The van der Waals surface area contributed by atoms with Gasteiger partial charge in [-0.05, 0) is 24.6 Å². The summed E-state index contributed by atoms with van der Waals surface area (Å²) in [7, 11) is 0. The summed E-state index contributed by atoms with van der Waals surface area (Å²) >= 11 is 0. The van der Waals surface area contributed by atoms with Crippen LogP contribution < -0.4 is 5.32 Å². The lowest BCUT2D eigenvalue weighted by atomic mass is 10.1. The van der Waals surface area contributed by atoms with Crippen molar-refractivity contribution in [2.45, 2.75) is 13.3 Å². The van der Waals surface area contributed by atoms with Crippen LogP contribution in [-0.2, 0) is 20.7 Å². The van der Waals surface area contributed by atoms with E-state index in [0.717, 1.165) is 11.3 Å². The number of carbonyl (C=O) groups excluding carboxylic acids is 2. The zero-order chi connectivity index (χ0) is 12.3. The van der Waals surface area contributed by atoms with Gasteiger partial charge in [0.1, 0.15) is 0 Å². The third-order valence-corrected chi connectivity index (χ3v) is 2.32. The quantitative estimate of drug-likeness (QED) is 0.579. The zero-order valence-electron chi connectivity index (χ0n) is 9.37. The second kappa shape index (κ2) is 4.71. The van der Waals surface area contributed by atoms with Crippen molar-refractivity contribution in [1.82, 2.24) is 0 Å². The standard InChI is InChI=1S/C13H11NO3/c1-2-17-13(16)6-4-9-3-5-10-8-12(15)14-11(10)7-9/h3,5,7H,2,8H2,1H3,(H,14,15). The second-order valence-electron chi connectivity index (χ2n) is 3.57. The molecular weight excluding hydrogens is 218 g/mol. The molecule has 1 N–H and O–H groups in total. The van der Waals surface area contributed by atoms with E-state index in [1.54, 1.807) is 19.1 Å². The molecule has 1 aromatic carbocycles. The van der Waals surface area contributed by atoms with E-state index in [1.807, 2.05) is 6.07 Å². The smallest absolute Gasteiger partial charge is 0.384 e. The lowest BCUT2D eigenvalue weighted by Gasteiger charge is -1.98. The molecule has 0 spiro atoms. The Morgan fingerprint density at radius 1 is 1.53 bits per heavy atom. The number of fused-ring (bicyclic) bond motifs is 1. The number of anilines is 1. The van der Waals surface area contributed by atoms with Gasteiger partial charge >= 0.3 is 5.97 Å². The Morgan fingerprint density at radius 3 is 3.12 bits per heavy atom. The van der Waals surface area contributed by atoms with Gasteiger partial charge in [-0.3, -0.25) is 4.79 Å². The molecule has 0 unspecified atom stereocenters. The predicted octanol–water partition coefficient (Wildman–Crippen LogP) is 1.10. The summed E-state index contributed by atoms with van der Waals surface area (Å²) in [6.45, 7) is 2.04. The normalized spacial score (nSPS) is 12.2. The fourth-order valence-corrected chi connectivity index (χ4v) is 1.58. The van der Waals surface area contributed by atoms with E-state index in [-0.39, 0.29) is 5.91 Å². The second-order valence-corrected chi connectivity index (χ2v) is 3.57. The average molecular weight is 229 g/mol. The fourth-order valence-electron chi connectivity index (χ4n) is 1.58. The summed E-state index contributed by atoms with van der Waals surface area (Å²) in [5.74, 6) is 4.51. The van der Waals surface area contributed by atoms with Gasteiger partial charge in [-0.1, -0.05) is 12.0 Å². The number of hydrogen-bond acceptors (Lipinski definition) is 3. The van der Waals surface area contributed by atoms with Gasteiger partial charge in [0.05, 0.1) is 13.0 Å². The summed E-state index contributed by atoms with van der Waals surface area (Å²) in [6.07, 6.45) is 0.404. The lowest BCUT2D eigenvalue weighted by Crippen LogP contribution is -2.03. The number of amides is 1. The highest BCUT2D eigenvalue weighted by Crippen LogP contribution is 2.23. The number of esters is 1. The average Bonchev–Trinajstić information content (AvgIpc) is 2.66. The van der Waals surface area contributed by atoms with Crippen LogP contribution in [0.3, 0.4) is 0 Å². The van der Waals surface area contributed by atoms with Gasteiger partial charge in [0.15, 0.2) is 0 Å². The Kier molecular flexibility index (Phi) is 3.10. The van der Waals surface area contributed by atoms with Crippen molar-refractivity contribution < 1.29 is 14.3 Å². The lowest BCUT2D eigenvalue weighted by molar-refractivity contribution is -0.136. The molecule has 1 aliphatic rings. The largest absolute Gasteiger partial charge is 0.456 e. The fraction of sp³-hybridized carbons (Fsp3) is 0.231. The van der Waals surface area contributed by atoms with Crippen LogP contribution in [0.5, 0.6) is 0 Å². The summed E-state index contributed by atoms with van der Waals surface area (Å²) in [6, 6.07) is 5.38. The van der Waals surface area contributed by atoms with Crippen molar-refractivity contribution in [3.8, 4) is 11.8 Å². The summed E-state index contributed by atoms with van der Waals surface area (Å²) in [5, 5.41) is 2.73. The first-order chi connectivity index (χ1) is 8.19. The summed E-state index contributed by atoms with van der Waals surface area (Å²) in [5.41, 5.74) is 2.40. The van der Waals surface area contributed by atoms with Gasteiger partial charge in [0.2, 0.25) is 5.91 Å². The van der Waals surface area contributed by atoms with Crippen molar-refractivity contribution in [3.05, 3.63) is 29.3 Å². The number of hydrogen-bond donors (Lipinski definition) is 1. The van der Waals surface area contributed by atoms with Gasteiger partial charge < -0.3 is 10.1 Å². The maximum Gasteiger partial charge on any atom is 0.384 e. The third kappa shape index (κ3) is 2.64. The topological polar surface area (TPSA) is 55.4 Å². The molecule has 0 saturated heterocycles. The minimum Gasteiger partial charge on any atom is -0.456 e. The molecule has 2 rings (SSSR count). The van der Waals surface area contributed by atoms with Crippen LogP contribution in [0.2, 0.25) is 0 Å². The first kappa shape index (κ1) is 11.2. The number of ether oxygens (including phenoxy) is 1. The van der Waals surface area contributed by atoms with Gasteiger partial charge in [-0.2, -0.15) is 0 Å². The molecule has 1 heterocycles. The Balaban J connectivity index is 2.16. The molecule has 4 heteroatoms. The number of benzene rings is 1. The highest BCUT2D eigenvalue weighted by atomic mass is 16.5. The maximum atomic E-state index is 11.1. The SMILES string of the molecule is CCOC(=O)C#Cc1ccc2c(c1)NC(=O)C2. The van der Waals surface area contributed by atoms with E-state index in [1.165, 1.54) is 0 Å². The molecule has 0 aromatic heterocycles. The van der Waals surface area contributed by atoms with Gasteiger partial charge in [-0.25, -0.2) is 4.79 Å². The molecule has 0 fully saturated rings. The molecule has 1 aromatic rings. The molecule has 86 valence electrons. The summed E-state index contributed by atoms with van der Waals surface area (Å²) in [4.78, 5) is 22.2. The van der Waals surface area contributed by atoms with E-state index in [4.69, 9.17) is 4.74 Å². The Labute approximate surface area is 99.0 Å². The Hall–Kier alpha value is -2.28. The van der Waals surface area contributed by atoms with Crippen LogP contribution in [0, 0.1) is 11.8 Å². The molecule has 1 aliphatic heterocycles. The Bertz CT molecular complexity index is 537. The molecular formula is C13H11NO3. The third-order valence-electron chi connectivity index (χ3n) is 2.32. The molecule has 0 atom stereocenters. The number of rotatable bonds is 1. The molecule has 0 saturated carbocycles. The predicted molar refractivity (Wildman–Crippen MR) is 62.3 cm³/mol. The van der Waals surface area contributed by atoms with Crippen LogP contribution in [0.1, 0.15) is 18.1 Å². The van der Waals surface area contributed by atoms with Crippen molar-refractivity contribution in [3.63, 3.8) is 0 Å². The maximum absolute atomic E-state index is 11.1. The van der Waals surface area contributed by atoms with Crippen LogP contribution in [0.15, 0.2) is 18.2 Å².